The van der Waals surface area contributed by atoms with Gasteiger partial charge >= 0.3 is 0 Å². The normalized spacial score (nSPS) is 26.9. The lowest BCUT2D eigenvalue weighted by Crippen LogP contribution is -2.40. The Morgan fingerprint density at radius 1 is 1.45 bits per heavy atom. The van der Waals surface area contributed by atoms with E-state index in [9.17, 15) is 14.0 Å². The van der Waals surface area contributed by atoms with Crippen molar-refractivity contribution in [2.24, 2.45) is 5.92 Å². The molecule has 1 aromatic rings. The second kappa shape index (κ2) is 5.94. The zero-order valence-electron chi connectivity index (χ0n) is 12.4. The van der Waals surface area contributed by atoms with Gasteiger partial charge in [0, 0.05) is 19.0 Å². The molecule has 2 fully saturated rings. The monoisotopic (exact) mass is 306 g/mol. The molecule has 1 aromatic carbocycles. The van der Waals surface area contributed by atoms with E-state index in [2.05, 4.69) is 12.2 Å². The highest BCUT2D eigenvalue weighted by Crippen LogP contribution is 2.37. The van der Waals surface area contributed by atoms with Crippen LogP contribution in [0.5, 0.6) is 5.75 Å². The summed E-state index contributed by atoms with van der Waals surface area (Å²) in [5.74, 6) is -0.141. The van der Waals surface area contributed by atoms with Gasteiger partial charge < -0.3 is 15.0 Å². The van der Waals surface area contributed by atoms with E-state index >= 15 is 0 Å². The van der Waals surface area contributed by atoms with Crippen LogP contribution in [0.1, 0.15) is 19.8 Å². The standard InChI is InChI=1S/C16H19FN2O3/c1-10-6-13(10)19-8-11(7-16(19)21)18-15(20)9-22-14-5-3-2-4-12(14)17/h2-5,10-11,13H,6-9H2,1H3,(H,18,20)/t10-,11-,13-/m1/s1. The zero-order valence-corrected chi connectivity index (χ0v) is 12.4. The summed E-state index contributed by atoms with van der Waals surface area (Å²) in [6, 6.07) is 6.09. The quantitative estimate of drug-likeness (QED) is 0.893. The summed E-state index contributed by atoms with van der Waals surface area (Å²) in [6.07, 6.45) is 1.37. The molecule has 2 aliphatic rings. The van der Waals surface area contributed by atoms with Crippen molar-refractivity contribution in [1.29, 1.82) is 0 Å². The number of carbonyl (C=O) groups excluding carboxylic acids is 2. The van der Waals surface area contributed by atoms with E-state index in [-0.39, 0.29) is 30.2 Å². The first kappa shape index (κ1) is 14.8. The number of hydrogen-bond acceptors (Lipinski definition) is 3. The predicted molar refractivity (Wildman–Crippen MR) is 77.7 cm³/mol. The van der Waals surface area contributed by atoms with E-state index in [1.807, 2.05) is 4.90 Å². The number of carbonyl (C=O) groups is 2. The molecule has 0 unspecified atom stereocenters. The van der Waals surface area contributed by atoms with Crippen molar-refractivity contribution in [3.63, 3.8) is 0 Å². The summed E-state index contributed by atoms with van der Waals surface area (Å²) in [5.41, 5.74) is 0. The molecule has 5 nitrogen and oxygen atoms in total. The summed E-state index contributed by atoms with van der Waals surface area (Å²) in [4.78, 5) is 25.6. The molecular weight excluding hydrogens is 287 g/mol. The van der Waals surface area contributed by atoms with Crippen LogP contribution in [-0.2, 0) is 9.59 Å². The van der Waals surface area contributed by atoms with Crippen molar-refractivity contribution in [2.45, 2.75) is 31.8 Å². The predicted octanol–water partition coefficient (Wildman–Crippen LogP) is 1.33. The van der Waals surface area contributed by atoms with Gasteiger partial charge in [-0.3, -0.25) is 9.59 Å². The van der Waals surface area contributed by atoms with Crippen LogP contribution >= 0.6 is 0 Å². The maximum absolute atomic E-state index is 13.4. The maximum Gasteiger partial charge on any atom is 0.258 e. The maximum atomic E-state index is 13.4. The first-order chi connectivity index (χ1) is 10.5. The highest BCUT2D eigenvalue weighted by Gasteiger charge is 2.44. The van der Waals surface area contributed by atoms with Gasteiger partial charge in [0.05, 0.1) is 6.04 Å². The summed E-state index contributed by atoms with van der Waals surface area (Å²) in [7, 11) is 0. The lowest BCUT2D eigenvalue weighted by atomic mass is 10.2. The summed E-state index contributed by atoms with van der Waals surface area (Å²) < 4.78 is 18.5. The van der Waals surface area contributed by atoms with Crippen LogP contribution in [0.4, 0.5) is 4.39 Å². The molecule has 1 saturated heterocycles. The zero-order chi connectivity index (χ0) is 15.7. The van der Waals surface area contributed by atoms with Gasteiger partial charge in [-0.25, -0.2) is 4.39 Å². The molecule has 1 N–H and O–H groups in total. The van der Waals surface area contributed by atoms with E-state index in [0.717, 1.165) is 6.42 Å². The van der Waals surface area contributed by atoms with Crippen molar-refractivity contribution >= 4 is 11.8 Å². The van der Waals surface area contributed by atoms with Gasteiger partial charge in [-0.1, -0.05) is 19.1 Å². The molecule has 6 heteroatoms. The van der Waals surface area contributed by atoms with Crippen LogP contribution in [0.25, 0.3) is 0 Å². The minimum atomic E-state index is -0.500. The van der Waals surface area contributed by atoms with Crippen LogP contribution in [-0.4, -0.2) is 41.9 Å². The molecule has 0 spiro atoms. The smallest absolute Gasteiger partial charge is 0.258 e. The van der Waals surface area contributed by atoms with E-state index in [1.54, 1.807) is 12.1 Å². The minimum absolute atomic E-state index is 0.0496. The molecule has 1 aliphatic carbocycles. The number of amides is 2. The second-order valence-electron chi connectivity index (χ2n) is 6.01. The van der Waals surface area contributed by atoms with Gasteiger partial charge in [0.2, 0.25) is 5.91 Å². The number of rotatable bonds is 5. The van der Waals surface area contributed by atoms with Crippen molar-refractivity contribution in [2.75, 3.05) is 13.2 Å². The Morgan fingerprint density at radius 3 is 2.86 bits per heavy atom. The van der Waals surface area contributed by atoms with Crippen molar-refractivity contribution in [3.05, 3.63) is 30.1 Å². The van der Waals surface area contributed by atoms with Crippen LogP contribution in [0.3, 0.4) is 0 Å². The van der Waals surface area contributed by atoms with Gasteiger partial charge in [-0.05, 0) is 24.5 Å². The molecule has 118 valence electrons. The Hall–Kier alpha value is -2.11. The highest BCUT2D eigenvalue weighted by molar-refractivity contribution is 5.83. The molecule has 0 radical (unpaired) electrons. The topological polar surface area (TPSA) is 58.6 Å². The average Bonchev–Trinajstić information content (AvgIpc) is 3.09. The minimum Gasteiger partial charge on any atom is -0.481 e. The molecule has 1 saturated carbocycles. The van der Waals surface area contributed by atoms with Gasteiger partial charge in [0.15, 0.2) is 18.2 Å². The third kappa shape index (κ3) is 3.21. The molecule has 1 aliphatic heterocycles. The fraction of sp³-hybridized carbons (Fsp3) is 0.500. The molecule has 2 amide bonds. The number of benzene rings is 1. The first-order valence-corrected chi connectivity index (χ1v) is 7.50. The molecule has 3 atom stereocenters. The lowest BCUT2D eigenvalue weighted by Gasteiger charge is -2.17. The molecule has 3 rings (SSSR count). The number of para-hydroxylation sites is 1. The van der Waals surface area contributed by atoms with Crippen LogP contribution in [0.2, 0.25) is 0 Å². The Balaban J connectivity index is 1.46. The molecular formula is C16H19FN2O3. The highest BCUT2D eigenvalue weighted by atomic mass is 19.1. The molecule has 1 heterocycles. The second-order valence-corrected chi connectivity index (χ2v) is 6.01. The number of hydrogen-bond donors (Lipinski definition) is 1. The third-order valence-corrected chi connectivity index (χ3v) is 4.19. The Kier molecular flexibility index (Phi) is 4.00. The molecule has 22 heavy (non-hydrogen) atoms. The number of likely N-dealkylation sites (tertiary alicyclic amines) is 1. The summed E-state index contributed by atoms with van der Waals surface area (Å²) >= 11 is 0. The number of nitrogens with zero attached hydrogens (tertiary/aromatic N) is 1. The Bertz CT molecular complexity index is 593. The van der Waals surface area contributed by atoms with Crippen LogP contribution in [0, 0.1) is 11.7 Å². The summed E-state index contributed by atoms with van der Waals surface area (Å²) in [5, 5.41) is 2.78. The van der Waals surface area contributed by atoms with E-state index in [0.29, 0.717) is 24.9 Å². The van der Waals surface area contributed by atoms with Crippen LogP contribution in [0.15, 0.2) is 24.3 Å². The third-order valence-electron chi connectivity index (χ3n) is 4.19. The van der Waals surface area contributed by atoms with E-state index in [1.165, 1.54) is 12.1 Å². The Labute approximate surface area is 128 Å². The fourth-order valence-corrected chi connectivity index (χ4v) is 2.86. The number of nitrogens with one attached hydrogen (secondary N) is 1. The van der Waals surface area contributed by atoms with Crippen molar-refractivity contribution in [3.8, 4) is 5.75 Å². The van der Waals surface area contributed by atoms with Gasteiger partial charge in [-0.2, -0.15) is 0 Å². The van der Waals surface area contributed by atoms with E-state index in [4.69, 9.17) is 4.74 Å². The molecule has 0 bridgehead atoms. The van der Waals surface area contributed by atoms with Gasteiger partial charge in [-0.15, -0.1) is 0 Å². The van der Waals surface area contributed by atoms with Gasteiger partial charge in [0.1, 0.15) is 0 Å². The number of halogens is 1. The summed E-state index contributed by atoms with van der Waals surface area (Å²) in [6.45, 7) is 2.41. The number of ether oxygens (including phenoxy) is 1. The average molecular weight is 306 g/mol. The van der Waals surface area contributed by atoms with Crippen molar-refractivity contribution in [1.82, 2.24) is 10.2 Å². The first-order valence-electron chi connectivity index (χ1n) is 7.50. The van der Waals surface area contributed by atoms with Crippen molar-refractivity contribution < 1.29 is 18.7 Å². The largest absolute Gasteiger partial charge is 0.481 e. The van der Waals surface area contributed by atoms with Gasteiger partial charge in [0.25, 0.3) is 5.91 Å². The fourth-order valence-electron chi connectivity index (χ4n) is 2.86. The lowest BCUT2D eigenvalue weighted by molar-refractivity contribution is -0.128. The Morgan fingerprint density at radius 2 is 2.18 bits per heavy atom. The SMILES string of the molecule is C[C@@H]1C[C@H]1N1C[C@H](NC(=O)COc2ccccc2F)CC1=O. The van der Waals surface area contributed by atoms with Crippen LogP contribution < -0.4 is 10.1 Å². The van der Waals surface area contributed by atoms with E-state index < -0.39 is 5.82 Å². The molecule has 0 aromatic heterocycles.